The zero-order chi connectivity index (χ0) is 17.8. The molecule has 0 saturated carbocycles. The Kier molecular flexibility index (Phi) is 4.94. The fourth-order valence-electron chi connectivity index (χ4n) is 2.13. The molecule has 9 heteroatoms. The topological polar surface area (TPSA) is 96.6 Å². The molecule has 0 saturated heterocycles. The SMILES string of the molecule is COc1ccc(-c2cc(COC(=O)c3snnc3C)no2)cc1OC. The van der Waals surface area contributed by atoms with Gasteiger partial charge in [0, 0.05) is 11.6 Å². The summed E-state index contributed by atoms with van der Waals surface area (Å²) in [7, 11) is 3.13. The van der Waals surface area contributed by atoms with E-state index in [9.17, 15) is 4.79 Å². The van der Waals surface area contributed by atoms with Gasteiger partial charge in [-0.1, -0.05) is 9.64 Å². The fraction of sp³-hybridized carbons (Fsp3) is 0.250. The van der Waals surface area contributed by atoms with Crippen LogP contribution in [0.2, 0.25) is 0 Å². The van der Waals surface area contributed by atoms with Gasteiger partial charge >= 0.3 is 5.97 Å². The molecule has 8 nitrogen and oxygen atoms in total. The Morgan fingerprint density at radius 2 is 2.00 bits per heavy atom. The molecule has 0 spiro atoms. The molecule has 2 heterocycles. The number of esters is 1. The van der Waals surface area contributed by atoms with E-state index in [-0.39, 0.29) is 6.61 Å². The van der Waals surface area contributed by atoms with E-state index >= 15 is 0 Å². The van der Waals surface area contributed by atoms with Crippen LogP contribution in [-0.2, 0) is 11.3 Å². The number of ether oxygens (including phenoxy) is 3. The van der Waals surface area contributed by atoms with Crippen LogP contribution >= 0.6 is 11.5 Å². The first-order chi connectivity index (χ1) is 12.1. The van der Waals surface area contributed by atoms with Crippen molar-refractivity contribution < 1.29 is 23.5 Å². The van der Waals surface area contributed by atoms with Gasteiger partial charge in [0.1, 0.15) is 12.3 Å². The van der Waals surface area contributed by atoms with Crippen LogP contribution in [0.1, 0.15) is 21.1 Å². The number of benzene rings is 1. The van der Waals surface area contributed by atoms with Crippen LogP contribution in [-0.4, -0.2) is 34.9 Å². The van der Waals surface area contributed by atoms with Gasteiger partial charge in [0.05, 0.1) is 19.9 Å². The van der Waals surface area contributed by atoms with Crippen molar-refractivity contribution in [2.45, 2.75) is 13.5 Å². The minimum Gasteiger partial charge on any atom is -0.493 e. The first kappa shape index (κ1) is 16.9. The minimum atomic E-state index is -0.483. The molecule has 0 unspecified atom stereocenters. The van der Waals surface area contributed by atoms with Crippen LogP contribution in [0.25, 0.3) is 11.3 Å². The minimum absolute atomic E-state index is 0.00698. The van der Waals surface area contributed by atoms with Gasteiger partial charge in [0.2, 0.25) is 0 Å². The van der Waals surface area contributed by atoms with E-state index in [1.807, 2.05) is 6.07 Å². The van der Waals surface area contributed by atoms with Crippen molar-refractivity contribution in [2.75, 3.05) is 14.2 Å². The highest BCUT2D eigenvalue weighted by atomic mass is 32.1. The lowest BCUT2D eigenvalue weighted by Crippen LogP contribution is -2.05. The average Bonchev–Trinajstić information content (AvgIpc) is 3.28. The van der Waals surface area contributed by atoms with Crippen LogP contribution in [0.15, 0.2) is 28.8 Å². The molecule has 0 N–H and O–H groups in total. The Morgan fingerprint density at radius 3 is 2.68 bits per heavy atom. The molecule has 3 rings (SSSR count). The first-order valence-electron chi connectivity index (χ1n) is 7.26. The number of hydrogen-bond acceptors (Lipinski definition) is 9. The normalized spacial score (nSPS) is 10.5. The molecular weight excluding hydrogens is 346 g/mol. The highest BCUT2D eigenvalue weighted by Crippen LogP contribution is 2.32. The third-order valence-corrected chi connectivity index (χ3v) is 4.22. The number of rotatable bonds is 6. The van der Waals surface area contributed by atoms with Gasteiger partial charge in [-0.2, -0.15) is 0 Å². The monoisotopic (exact) mass is 361 g/mol. The van der Waals surface area contributed by atoms with Crippen LogP contribution in [0.4, 0.5) is 0 Å². The van der Waals surface area contributed by atoms with Crippen molar-refractivity contribution in [3.8, 4) is 22.8 Å². The zero-order valence-corrected chi connectivity index (χ0v) is 14.6. The number of carbonyl (C=O) groups excluding carboxylic acids is 1. The lowest BCUT2D eigenvalue weighted by Gasteiger charge is -2.07. The van der Waals surface area contributed by atoms with Crippen molar-refractivity contribution in [1.82, 2.24) is 14.7 Å². The van der Waals surface area contributed by atoms with Gasteiger partial charge in [-0.3, -0.25) is 0 Å². The number of carbonyl (C=O) groups is 1. The maximum atomic E-state index is 12.0. The second kappa shape index (κ2) is 7.31. The van der Waals surface area contributed by atoms with E-state index in [4.69, 9.17) is 18.7 Å². The van der Waals surface area contributed by atoms with Crippen LogP contribution in [0.3, 0.4) is 0 Å². The predicted octanol–water partition coefficient (Wildman–Crippen LogP) is 2.88. The van der Waals surface area contributed by atoms with E-state index in [2.05, 4.69) is 14.7 Å². The summed E-state index contributed by atoms with van der Waals surface area (Å²) in [6.45, 7) is 1.69. The summed E-state index contributed by atoms with van der Waals surface area (Å²) in [5.41, 5.74) is 1.81. The number of aromatic nitrogens is 3. The molecule has 0 fully saturated rings. The number of hydrogen-bond donors (Lipinski definition) is 0. The number of methoxy groups -OCH3 is 2. The average molecular weight is 361 g/mol. The van der Waals surface area contributed by atoms with Crippen LogP contribution < -0.4 is 9.47 Å². The smallest absolute Gasteiger partial charge is 0.352 e. The van der Waals surface area contributed by atoms with Gasteiger partial charge in [-0.15, -0.1) is 5.10 Å². The van der Waals surface area contributed by atoms with E-state index in [1.165, 1.54) is 0 Å². The Bertz CT molecular complexity index is 890. The summed E-state index contributed by atoms with van der Waals surface area (Å²) in [5.74, 6) is 1.25. The van der Waals surface area contributed by atoms with Gasteiger partial charge in [0.15, 0.2) is 22.1 Å². The third-order valence-electron chi connectivity index (χ3n) is 3.42. The molecular formula is C16H15N3O5S. The molecule has 3 aromatic rings. The standard InChI is InChI=1S/C16H15N3O5S/c1-9-15(25-19-17-9)16(20)23-8-11-7-13(24-18-11)10-4-5-12(21-2)14(6-10)22-3/h4-7H,8H2,1-3H3. The van der Waals surface area contributed by atoms with Crippen LogP contribution in [0.5, 0.6) is 11.5 Å². The van der Waals surface area contributed by atoms with Crippen LogP contribution in [0, 0.1) is 6.92 Å². The number of aryl methyl sites for hydroxylation is 1. The molecule has 0 bridgehead atoms. The maximum absolute atomic E-state index is 12.0. The maximum Gasteiger partial charge on any atom is 0.352 e. The van der Waals surface area contributed by atoms with E-state index < -0.39 is 5.97 Å². The lowest BCUT2D eigenvalue weighted by atomic mass is 10.1. The highest BCUT2D eigenvalue weighted by Gasteiger charge is 2.16. The van der Waals surface area contributed by atoms with E-state index in [1.54, 1.807) is 39.3 Å². The third kappa shape index (κ3) is 3.61. The molecule has 1 aromatic carbocycles. The quantitative estimate of drug-likeness (QED) is 0.618. The first-order valence-corrected chi connectivity index (χ1v) is 8.03. The van der Waals surface area contributed by atoms with Gasteiger partial charge in [-0.05, 0) is 36.7 Å². The molecule has 130 valence electrons. The largest absolute Gasteiger partial charge is 0.493 e. The Balaban J connectivity index is 1.70. The molecule has 0 aliphatic heterocycles. The molecule has 2 aromatic heterocycles. The van der Waals surface area contributed by atoms with Crippen molar-refractivity contribution in [3.05, 3.63) is 40.5 Å². The Morgan fingerprint density at radius 1 is 1.20 bits per heavy atom. The summed E-state index contributed by atoms with van der Waals surface area (Å²) >= 11 is 0.997. The molecule has 0 atom stereocenters. The predicted molar refractivity (Wildman–Crippen MR) is 88.8 cm³/mol. The molecule has 0 aliphatic carbocycles. The summed E-state index contributed by atoms with van der Waals surface area (Å²) in [6.07, 6.45) is 0. The number of nitrogens with zero attached hydrogens (tertiary/aromatic N) is 3. The van der Waals surface area contributed by atoms with Crippen molar-refractivity contribution >= 4 is 17.5 Å². The summed E-state index contributed by atoms with van der Waals surface area (Å²) < 4.78 is 24.7. The van der Waals surface area contributed by atoms with E-state index in [0.717, 1.165) is 17.1 Å². The summed E-state index contributed by atoms with van der Waals surface area (Å²) in [5, 5.41) is 7.69. The second-order valence-corrected chi connectivity index (χ2v) is 5.77. The van der Waals surface area contributed by atoms with E-state index in [0.29, 0.717) is 33.5 Å². The molecule has 0 amide bonds. The molecule has 0 aliphatic rings. The van der Waals surface area contributed by atoms with Gasteiger partial charge < -0.3 is 18.7 Å². The lowest BCUT2D eigenvalue weighted by molar-refractivity contribution is 0.0469. The Hall–Kier alpha value is -2.94. The fourth-order valence-corrected chi connectivity index (χ4v) is 2.68. The summed E-state index contributed by atoms with van der Waals surface area (Å²) in [4.78, 5) is 12.3. The molecule has 25 heavy (non-hydrogen) atoms. The second-order valence-electron chi connectivity index (χ2n) is 5.02. The molecule has 0 radical (unpaired) electrons. The van der Waals surface area contributed by atoms with Gasteiger partial charge in [-0.25, -0.2) is 4.79 Å². The zero-order valence-electron chi connectivity index (χ0n) is 13.8. The van der Waals surface area contributed by atoms with Crippen molar-refractivity contribution in [1.29, 1.82) is 0 Å². The highest BCUT2D eigenvalue weighted by molar-refractivity contribution is 7.07. The summed E-state index contributed by atoms with van der Waals surface area (Å²) in [6, 6.07) is 7.08. The van der Waals surface area contributed by atoms with Gasteiger partial charge in [0.25, 0.3) is 0 Å². The van der Waals surface area contributed by atoms with Crippen molar-refractivity contribution in [2.24, 2.45) is 0 Å². The van der Waals surface area contributed by atoms with Crippen molar-refractivity contribution in [3.63, 3.8) is 0 Å². The Labute approximate surface area is 147 Å².